The van der Waals surface area contributed by atoms with Gasteiger partial charge in [0, 0.05) is 11.8 Å². The van der Waals surface area contributed by atoms with Gasteiger partial charge in [0.15, 0.2) is 12.5 Å². The van der Waals surface area contributed by atoms with Crippen molar-refractivity contribution in [2.24, 2.45) is 0 Å². The van der Waals surface area contributed by atoms with Crippen molar-refractivity contribution in [2.45, 2.75) is 0 Å². The highest BCUT2D eigenvalue weighted by Crippen LogP contribution is 1.62. The lowest BCUT2D eigenvalue weighted by molar-refractivity contribution is 0.393. The van der Waals surface area contributed by atoms with E-state index in [2.05, 4.69) is 27.7 Å². The third-order valence-electron chi connectivity index (χ3n) is 0.251. The van der Waals surface area contributed by atoms with E-state index in [0.717, 1.165) is 0 Å². The minimum Gasteiger partial charge on any atom is -0.345 e. The topological polar surface area (TPSA) is 62.7 Å². The third kappa shape index (κ3) is 2.43. The first-order valence-electron chi connectivity index (χ1n) is 1.39. The zero-order chi connectivity index (χ0) is 5.54. The molecule has 0 saturated heterocycles. The molecule has 0 saturated carbocycles. The molecule has 0 amide bonds. The number of aromatic nitrogens is 2. The van der Waals surface area contributed by atoms with Crippen LogP contribution in [-0.4, -0.2) is 10.4 Å². The Balaban J connectivity index is 0.000000162. The molecule has 0 atom stereocenters. The van der Waals surface area contributed by atoms with Gasteiger partial charge in [-0.05, 0) is 0 Å². The van der Waals surface area contributed by atoms with Crippen LogP contribution in [0.1, 0.15) is 0 Å². The van der Waals surface area contributed by atoms with E-state index < -0.39 is 0 Å². The summed E-state index contributed by atoms with van der Waals surface area (Å²) < 4.78 is 4.17. The van der Waals surface area contributed by atoms with Crippen molar-refractivity contribution in [2.75, 3.05) is 0 Å². The summed E-state index contributed by atoms with van der Waals surface area (Å²) in [6.45, 7) is 3.50. The summed E-state index contributed by atoms with van der Waals surface area (Å²) in [6.07, 6.45) is 3.61. The highest BCUT2D eigenvalue weighted by molar-refractivity contribution is 4.43. The number of hydrogen-bond donors (Lipinski definition) is 0. The SMILES string of the molecule is C#N.[c]1conn1. The second-order valence-electron chi connectivity index (χ2n) is 0.534. The molecular weight excluding hydrogens is 94.1 g/mol. The molecule has 1 rings (SSSR count). The molecule has 1 aromatic rings. The Morgan fingerprint density at radius 1 is 1.71 bits per heavy atom. The molecule has 4 heteroatoms. The molecule has 0 aliphatic carbocycles. The van der Waals surface area contributed by atoms with Gasteiger partial charge in [0.25, 0.3) is 0 Å². The van der Waals surface area contributed by atoms with Crippen LogP contribution in [0.15, 0.2) is 10.8 Å². The maximum Gasteiger partial charge on any atom is 0.158 e. The zero-order valence-corrected chi connectivity index (χ0v) is 3.40. The first-order valence-corrected chi connectivity index (χ1v) is 1.39. The Kier molecular flexibility index (Phi) is 3.72. The first-order chi connectivity index (χ1) is 3.50. The fourth-order valence-electron chi connectivity index (χ4n) is 0.118. The van der Waals surface area contributed by atoms with Gasteiger partial charge in [-0.15, -0.1) is 5.10 Å². The van der Waals surface area contributed by atoms with Gasteiger partial charge in [-0.1, -0.05) is 0 Å². The van der Waals surface area contributed by atoms with E-state index >= 15 is 0 Å². The van der Waals surface area contributed by atoms with Crippen LogP contribution in [-0.2, 0) is 0 Å². The predicted octanol–water partition coefficient (Wildman–Crippen LogP) is 0.00957. The fourth-order valence-corrected chi connectivity index (χ4v) is 0.118. The molecule has 0 fully saturated rings. The Hall–Kier alpha value is -1.37. The Labute approximate surface area is 40.3 Å². The molecule has 1 heterocycles. The van der Waals surface area contributed by atoms with E-state index in [4.69, 9.17) is 5.26 Å². The normalized spacial score (nSPS) is 6.00. The van der Waals surface area contributed by atoms with Crippen molar-refractivity contribution >= 4 is 0 Å². The molecule has 0 unspecified atom stereocenters. The van der Waals surface area contributed by atoms with E-state index in [1.54, 1.807) is 0 Å². The van der Waals surface area contributed by atoms with Gasteiger partial charge in [0.05, 0.1) is 0 Å². The maximum absolute atomic E-state index is 6.50. The van der Waals surface area contributed by atoms with Gasteiger partial charge in [0.1, 0.15) is 0 Å². The lowest BCUT2D eigenvalue weighted by Gasteiger charge is -1.44. The smallest absolute Gasteiger partial charge is 0.158 e. The van der Waals surface area contributed by atoms with Crippen LogP contribution in [0.4, 0.5) is 0 Å². The summed E-state index contributed by atoms with van der Waals surface area (Å²) in [4.78, 5) is 0. The van der Waals surface area contributed by atoms with Gasteiger partial charge >= 0.3 is 0 Å². The second kappa shape index (κ2) is 4.63. The molecule has 0 bridgehead atoms. The predicted molar refractivity (Wildman–Crippen MR) is 19.8 cm³/mol. The Morgan fingerprint density at radius 3 is 2.57 bits per heavy atom. The lowest BCUT2D eigenvalue weighted by Crippen LogP contribution is -1.54. The lowest BCUT2D eigenvalue weighted by atomic mass is 11.0. The molecule has 1 radical (unpaired) electrons. The molecule has 1 aromatic heterocycles. The van der Waals surface area contributed by atoms with Crippen LogP contribution in [0.5, 0.6) is 0 Å². The third-order valence-corrected chi connectivity index (χ3v) is 0.251. The molecule has 0 spiro atoms. The molecule has 0 aliphatic rings. The summed E-state index contributed by atoms with van der Waals surface area (Å²) in [5.74, 6) is 0. The maximum atomic E-state index is 6.50. The molecule has 0 N–H and O–H groups in total. The Morgan fingerprint density at radius 2 is 2.43 bits per heavy atom. The number of nitrogens with zero attached hydrogens (tertiary/aromatic N) is 3. The van der Waals surface area contributed by atoms with Crippen molar-refractivity contribution in [3.63, 3.8) is 0 Å². The minimum absolute atomic E-state index is 1.28. The van der Waals surface area contributed by atoms with Crippen LogP contribution in [0.3, 0.4) is 0 Å². The molecule has 7 heavy (non-hydrogen) atoms. The largest absolute Gasteiger partial charge is 0.345 e. The average molecular weight is 96.1 g/mol. The summed E-state index contributed by atoms with van der Waals surface area (Å²) in [7, 11) is 0. The quantitative estimate of drug-likeness (QED) is 0.456. The van der Waals surface area contributed by atoms with Crippen LogP contribution in [0, 0.1) is 18.0 Å². The van der Waals surface area contributed by atoms with Crippen LogP contribution >= 0.6 is 0 Å². The number of rotatable bonds is 0. The van der Waals surface area contributed by atoms with Gasteiger partial charge in [-0.25, -0.2) is 5.26 Å². The van der Waals surface area contributed by atoms with E-state index in [-0.39, 0.29) is 0 Å². The van der Waals surface area contributed by atoms with Gasteiger partial charge in [0.2, 0.25) is 0 Å². The van der Waals surface area contributed by atoms with Gasteiger partial charge in [-0.2, -0.15) is 0 Å². The van der Waals surface area contributed by atoms with Crippen LogP contribution in [0.25, 0.3) is 0 Å². The van der Waals surface area contributed by atoms with Crippen molar-refractivity contribution in [1.29, 1.82) is 5.26 Å². The number of nitriles is 1. The fraction of sp³-hybridized carbons (Fsp3) is 0. The first kappa shape index (κ1) is 5.63. The highest BCUT2D eigenvalue weighted by atomic mass is 16.5. The van der Waals surface area contributed by atoms with E-state index in [0.29, 0.717) is 0 Å². The zero-order valence-electron chi connectivity index (χ0n) is 3.40. The van der Waals surface area contributed by atoms with Crippen molar-refractivity contribution < 1.29 is 4.52 Å². The second-order valence-corrected chi connectivity index (χ2v) is 0.534. The van der Waals surface area contributed by atoms with Crippen LogP contribution < -0.4 is 0 Å². The van der Waals surface area contributed by atoms with Gasteiger partial charge < -0.3 is 4.52 Å². The van der Waals surface area contributed by atoms with E-state index in [1.165, 1.54) is 6.26 Å². The van der Waals surface area contributed by atoms with Gasteiger partial charge in [-0.3, -0.25) is 0 Å². The summed E-state index contributed by atoms with van der Waals surface area (Å²) in [5.41, 5.74) is 0. The standard InChI is InChI=1S/C2HN2O.CHN/c1-2-5-4-3-1;1-2/h2H;1H. The Bertz CT molecular complexity index is 93.8. The number of hydrogen-bond acceptors (Lipinski definition) is 4. The van der Waals surface area contributed by atoms with E-state index in [9.17, 15) is 0 Å². The average Bonchev–Trinajstić information content (AvgIpc) is 2.23. The monoisotopic (exact) mass is 96.0 g/mol. The molecule has 0 aliphatic heterocycles. The van der Waals surface area contributed by atoms with E-state index in [1.807, 2.05) is 0 Å². The summed E-state index contributed by atoms with van der Waals surface area (Å²) in [5, 5.41) is 12.7. The summed E-state index contributed by atoms with van der Waals surface area (Å²) >= 11 is 0. The molecule has 35 valence electrons. The van der Waals surface area contributed by atoms with Crippen molar-refractivity contribution in [1.82, 2.24) is 10.4 Å². The molecule has 4 nitrogen and oxygen atoms in total. The molecule has 0 aromatic carbocycles. The highest BCUT2D eigenvalue weighted by Gasteiger charge is 1.63. The minimum atomic E-state index is 1.28. The van der Waals surface area contributed by atoms with Crippen molar-refractivity contribution in [3.05, 3.63) is 12.5 Å². The van der Waals surface area contributed by atoms with Crippen LogP contribution in [0.2, 0.25) is 0 Å². The molecular formula is C3H2N3O. The summed E-state index contributed by atoms with van der Waals surface area (Å²) in [6, 6.07) is 0. The van der Waals surface area contributed by atoms with Crippen molar-refractivity contribution in [3.8, 4) is 6.57 Å².